The van der Waals surface area contributed by atoms with Gasteiger partial charge in [-0.2, -0.15) is 0 Å². The molecule has 0 aliphatic heterocycles. The number of nitrogens with zero attached hydrogens (tertiary/aromatic N) is 2. The third kappa shape index (κ3) is 16.4. The van der Waals surface area contributed by atoms with Crippen LogP contribution in [0.15, 0.2) is 71.9 Å². The van der Waals surface area contributed by atoms with Gasteiger partial charge in [-0.3, -0.25) is 29.9 Å². The monoisotopic (exact) mass is 729 g/mol. The summed E-state index contributed by atoms with van der Waals surface area (Å²) in [5, 5.41) is 32.4. The van der Waals surface area contributed by atoms with E-state index < -0.39 is 10.9 Å². The number of phenols is 2. The van der Waals surface area contributed by atoms with Gasteiger partial charge in [0, 0.05) is 29.9 Å². The van der Waals surface area contributed by atoms with Gasteiger partial charge in [0.05, 0.1) is 4.92 Å². The third-order valence-corrected chi connectivity index (χ3v) is 9.76. The second-order valence-electron chi connectivity index (χ2n) is 12.2. The SMILES string of the molecule is C[C@@H](Cc1ccc(O)cc1)C[C@H](C)C(=O)NCC(=O)OCCSSc1ncccc1[N+](=O)[O-].C[C@@H](Cc1ccc(O)cc1)C[C@H](C)C(=O)NN. The standard InChI is InChI=1S/C22H27N3O6S2.C13H20N2O2/c1-15(13-17-5-7-18(26)8-6-17)12-16(2)21(28)24-14-20(27)31-10-11-32-33-22-19(25(29)30)4-3-9-23-22;1-9(7-10(2)13(17)15-14)8-11-3-5-12(16)6-4-11/h3-9,15-16,26H,10-14H2,1-2H3,(H,24,28);3-6,9-10,16H,7-8,14H2,1-2H3,(H,15,17)/t15-,16+;9-,10+/m11/s1. The molecule has 0 bridgehead atoms. The molecular formula is C35H47N5O8S2. The van der Waals surface area contributed by atoms with Gasteiger partial charge in [0.1, 0.15) is 24.7 Å². The number of aromatic nitrogens is 1. The molecule has 0 spiro atoms. The molecule has 1 aromatic heterocycles. The number of amides is 2. The van der Waals surface area contributed by atoms with E-state index in [1.165, 1.54) is 29.1 Å². The van der Waals surface area contributed by atoms with Crippen LogP contribution in [0.5, 0.6) is 11.5 Å². The molecule has 13 nitrogen and oxygen atoms in total. The van der Waals surface area contributed by atoms with Crippen molar-refractivity contribution in [1.29, 1.82) is 0 Å². The largest absolute Gasteiger partial charge is 0.508 e. The van der Waals surface area contributed by atoms with E-state index >= 15 is 0 Å². The predicted octanol–water partition coefficient (Wildman–Crippen LogP) is 5.59. The first kappa shape index (κ1) is 41.8. The maximum atomic E-state index is 12.3. The highest BCUT2D eigenvalue weighted by atomic mass is 33.1. The molecule has 2 aromatic carbocycles. The lowest BCUT2D eigenvalue weighted by Crippen LogP contribution is -2.35. The number of aromatic hydroxyl groups is 2. The van der Waals surface area contributed by atoms with Crippen molar-refractivity contribution >= 4 is 45.1 Å². The lowest BCUT2D eigenvalue weighted by molar-refractivity contribution is -0.388. The first-order chi connectivity index (χ1) is 23.8. The van der Waals surface area contributed by atoms with Gasteiger partial charge in [0.2, 0.25) is 11.8 Å². The van der Waals surface area contributed by atoms with Crippen LogP contribution in [0.3, 0.4) is 0 Å². The fourth-order valence-electron chi connectivity index (χ4n) is 5.06. The molecule has 0 saturated heterocycles. The van der Waals surface area contributed by atoms with Crippen molar-refractivity contribution in [2.24, 2.45) is 29.5 Å². The second-order valence-corrected chi connectivity index (χ2v) is 14.6. The highest BCUT2D eigenvalue weighted by Gasteiger charge is 2.19. The molecule has 1 heterocycles. The quantitative estimate of drug-likeness (QED) is 0.0207. The van der Waals surface area contributed by atoms with Gasteiger partial charge in [-0.15, -0.1) is 0 Å². The molecule has 272 valence electrons. The number of phenolic OH excluding ortho intramolecular Hbond substituents is 2. The number of esters is 1. The summed E-state index contributed by atoms with van der Waals surface area (Å²) >= 11 is 0. The summed E-state index contributed by atoms with van der Waals surface area (Å²) < 4.78 is 5.10. The lowest BCUT2D eigenvalue weighted by atomic mass is 9.91. The Morgan fingerprint density at radius 1 is 0.880 bits per heavy atom. The molecule has 15 heteroatoms. The van der Waals surface area contributed by atoms with Crippen LogP contribution in [0.25, 0.3) is 0 Å². The fourth-order valence-corrected chi connectivity index (χ4v) is 6.91. The normalized spacial score (nSPS) is 13.1. The molecule has 3 rings (SSSR count). The average Bonchev–Trinajstić information content (AvgIpc) is 3.08. The first-order valence-corrected chi connectivity index (χ1v) is 18.5. The van der Waals surface area contributed by atoms with Crippen molar-refractivity contribution in [3.05, 3.63) is 88.1 Å². The van der Waals surface area contributed by atoms with E-state index in [1.54, 1.807) is 24.3 Å². The topological polar surface area (TPSA) is 207 Å². The Kier molecular flexibility index (Phi) is 18.7. The van der Waals surface area contributed by atoms with Crippen LogP contribution in [0.4, 0.5) is 5.69 Å². The van der Waals surface area contributed by atoms with Crippen LogP contribution < -0.4 is 16.6 Å². The van der Waals surface area contributed by atoms with E-state index in [4.69, 9.17) is 10.6 Å². The van der Waals surface area contributed by atoms with Gasteiger partial charge in [-0.25, -0.2) is 10.8 Å². The van der Waals surface area contributed by atoms with Crippen LogP contribution in [0.2, 0.25) is 0 Å². The van der Waals surface area contributed by atoms with E-state index in [0.29, 0.717) is 23.1 Å². The number of hydrogen-bond donors (Lipinski definition) is 5. The molecule has 3 aromatic rings. The molecule has 50 heavy (non-hydrogen) atoms. The Hall–Kier alpha value is -4.34. The number of hydrazine groups is 1. The zero-order valence-corrected chi connectivity index (χ0v) is 30.4. The number of carbonyl (C=O) groups is 3. The van der Waals surface area contributed by atoms with Crippen molar-refractivity contribution < 1.29 is 34.3 Å². The number of nitro groups is 1. The highest BCUT2D eigenvalue weighted by molar-refractivity contribution is 8.76. The Morgan fingerprint density at radius 2 is 1.40 bits per heavy atom. The molecule has 0 aliphatic carbocycles. The molecule has 0 unspecified atom stereocenters. The number of nitrogens with two attached hydrogens (primary N) is 1. The van der Waals surface area contributed by atoms with E-state index in [2.05, 4.69) is 29.6 Å². The molecule has 0 saturated carbocycles. The third-order valence-electron chi connectivity index (χ3n) is 7.51. The number of pyridine rings is 1. The van der Waals surface area contributed by atoms with Crippen LogP contribution in [0, 0.1) is 33.8 Å². The summed E-state index contributed by atoms with van der Waals surface area (Å²) in [5.41, 5.74) is 4.35. The van der Waals surface area contributed by atoms with Crippen molar-refractivity contribution in [2.45, 2.75) is 58.4 Å². The minimum atomic E-state index is -0.540. The molecule has 0 radical (unpaired) electrons. The molecule has 4 atom stereocenters. The molecule has 6 N–H and O–H groups in total. The second kappa shape index (κ2) is 22.4. The molecule has 0 aliphatic rings. The maximum Gasteiger partial charge on any atom is 0.325 e. The van der Waals surface area contributed by atoms with Gasteiger partial charge in [-0.05, 0) is 89.8 Å². The molecular weight excluding hydrogens is 683 g/mol. The zero-order chi connectivity index (χ0) is 37.1. The summed E-state index contributed by atoms with van der Waals surface area (Å²) in [5.74, 6) is 5.45. The Balaban J connectivity index is 0.000000428. The minimum Gasteiger partial charge on any atom is -0.508 e. The summed E-state index contributed by atoms with van der Waals surface area (Å²) in [6.07, 6.45) is 4.62. The summed E-state index contributed by atoms with van der Waals surface area (Å²) in [4.78, 5) is 49.9. The summed E-state index contributed by atoms with van der Waals surface area (Å²) in [7, 11) is 2.44. The Morgan fingerprint density at radius 3 is 1.90 bits per heavy atom. The van der Waals surface area contributed by atoms with E-state index in [-0.39, 0.29) is 59.9 Å². The van der Waals surface area contributed by atoms with Gasteiger partial charge in [0.15, 0.2) is 5.03 Å². The van der Waals surface area contributed by atoms with Crippen LogP contribution in [-0.4, -0.2) is 56.8 Å². The minimum absolute atomic E-state index is 0.0683. The zero-order valence-electron chi connectivity index (χ0n) is 28.7. The van der Waals surface area contributed by atoms with E-state index in [0.717, 1.165) is 41.2 Å². The van der Waals surface area contributed by atoms with Gasteiger partial charge in [-0.1, -0.05) is 62.8 Å². The average molecular weight is 730 g/mol. The number of rotatable bonds is 18. The van der Waals surface area contributed by atoms with E-state index in [9.17, 15) is 34.7 Å². The number of ether oxygens (including phenoxy) is 1. The smallest absolute Gasteiger partial charge is 0.325 e. The predicted molar refractivity (Wildman–Crippen MR) is 195 cm³/mol. The Bertz CT molecular complexity index is 1510. The fraction of sp³-hybridized carbons (Fsp3) is 0.429. The number of benzene rings is 2. The summed E-state index contributed by atoms with van der Waals surface area (Å²) in [6.45, 7) is 7.76. The number of hydrogen-bond acceptors (Lipinski definition) is 12. The van der Waals surface area contributed by atoms with Crippen LogP contribution in [0.1, 0.15) is 51.7 Å². The van der Waals surface area contributed by atoms with Crippen molar-refractivity contribution in [1.82, 2.24) is 15.7 Å². The van der Waals surface area contributed by atoms with Gasteiger partial charge < -0.3 is 20.3 Å². The Labute approximate surface area is 300 Å². The number of carbonyl (C=O) groups excluding carboxylic acids is 3. The first-order valence-electron chi connectivity index (χ1n) is 16.2. The molecule has 2 amide bonds. The highest BCUT2D eigenvalue weighted by Crippen LogP contribution is 2.35. The molecule has 0 fully saturated rings. The van der Waals surface area contributed by atoms with Gasteiger partial charge >= 0.3 is 11.7 Å². The van der Waals surface area contributed by atoms with Crippen molar-refractivity contribution in [3.8, 4) is 11.5 Å². The van der Waals surface area contributed by atoms with Crippen LogP contribution in [-0.2, 0) is 32.0 Å². The lowest BCUT2D eigenvalue weighted by Gasteiger charge is -2.17. The summed E-state index contributed by atoms with van der Waals surface area (Å²) in [6, 6.07) is 17.1. The number of nitrogens with one attached hydrogen (secondary N) is 2. The van der Waals surface area contributed by atoms with Crippen molar-refractivity contribution in [2.75, 3.05) is 18.9 Å². The van der Waals surface area contributed by atoms with Gasteiger partial charge in [0.25, 0.3) is 0 Å². The van der Waals surface area contributed by atoms with Crippen molar-refractivity contribution in [3.63, 3.8) is 0 Å². The van der Waals surface area contributed by atoms with E-state index in [1.807, 2.05) is 38.1 Å². The maximum absolute atomic E-state index is 12.3. The van der Waals surface area contributed by atoms with Crippen LogP contribution >= 0.6 is 21.6 Å².